The van der Waals surface area contributed by atoms with Gasteiger partial charge in [0.2, 0.25) is 11.8 Å². The molecule has 3 amide bonds. The molecule has 3 heterocycles. The number of carboxylic acid groups (broad SMARTS) is 1. The van der Waals surface area contributed by atoms with E-state index in [0.29, 0.717) is 17.8 Å². The average molecular weight is 681 g/mol. The van der Waals surface area contributed by atoms with Gasteiger partial charge in [-0.15, -0.1) is 6.58 Å². The van der Waals surface area contributed by atoms with E-state index in [9.17, 15) is 24.3 Å². The molecule has 0 spiro atoms. The lowest BCUT2D eigenvalue weighted by atomic mass is 9.85. The molecule has 2 aromatic carbocycles. The number of aliphatic carboxylic acids is 1. The first-order chi connectivity index (χ1) is 23.9. The highest BCUT2D eigenvalue weighted by Crippen LogP contribution is 2.45. The standard InChI is InChI=1S/C38H44N6O6/c1-5-27-22-38(27,35(47)48)40-33(45)29-21-28-23-43(29)34(46)32(37(2,3)4)39-36(49)50-19-12-7-6-9-14-24-15-13-18-26(20-24)31-30(41-44(28)42-31)25-16-10-8-11-17-25/h5,8-11,13-18,20,27-29,32H,1,6-7,12,19,21-23H2,2-4H3,(H,39,49)(H,40,45)(H,47,48)/b14-9-/t27-,28-,29+,32-,38-/m1/s1. The molecular weight excluding hydrogens is 636 g/mol. The van der Waals surface area contributed by atoms with Gasteiger partial charge in [0.15, 0.2) is 0 Å². The summed E-state index contributed by atoms with van der Waals surface area (Å²) in [7, 11) is 0. The molecule has 262 valence electrons. The molecule has 0 unspecified atom stereocenters. The van der Waals surface area contributed by atoms with E-state index in [0.717, 1.165) is 29.5 Å². The van der Waals surface area contributed by atoms with Gasteiger partial charge < -0.3 is 25.4 Å². The van der Waals surface area contributed by atoms with Crippen LogP contribution in [0, 0.1) is 11.3 Å². The first-order valence-electron chi connectivity index (χ1n) is 17.1. The third kappa shape index (κ3) is 7.05. The second-order valence-corrected chi connectivity index (χ2v) is 14.4. The number of ether oxygens (including phenoxy) is 1. The van der Waals surface area contributed by atoms with Crippen molar-refractivity contribution in [1.82, 2.24) is 30.5 Å². The maximum Gasteiger partial charge on any atom is 0.407 e. The monoisotopic (exact) mass is 680 g/mol. The molecule has 6 rings (SSSR count). The van der Waals surface area contributed by atoms with Gasteiger partial charge in [0.05, 0.1) is 12.6 Å². The zero-order valence-electron chi connectivity index (χ0n) is 28.7. The molecule has 12 nitrogen and oxygen atoms in total. The number of nitrogens with zero attached hydrogens (tertiary/aromatic N) is 4. The zero-order chi connectivity index (χ0) is 35.6. The van der Waals surface area contributed by atoms with Crippen LogP contribution in [0.5, 0.6) is 0 Å². The van der Waals surface area contributed by atoms with Gasteiger partial charge in [-0.25, -0.2) is 9.59 Å². The van der Waals surface area contributed by atoms with E-state index >= 15 is 0 Å². The Morgan fingerprint density at radius 1 is 1.06 bits per heavy atom. The lowest BCUT2D eigenvalue weighted by Crippen LogP contribution is -2.59. The van der Waals surface area contributed by atoms with Crippen LogP contribution in [0.3, 0.4) is 0 Å². The smallest absolute Gasteiger partial charge is 0.407 e. The fourth-order valence-electron chi connectivity index (χ4n) is 6.77. The summed E-state index contributed by atoms with van der Waals surface area (Å²) < 4.78 is 5.46. The number of carboxylic acids is 1. The minimum absolute atomic E-state index is 0.0519. The number of aromatic nitrogens is 3. The van der Waals surface area contributed by atoms with E-state index in [4.69, 9.17) is 14.9 Å². The normalized spacial score (nSPS) is 26.3. The Bertz CT molecular complexity index is 1810. The highest BCUT2D eigenvalue weighted by molar-refractivity contribution is 5.96. The van der Waals surface area contributed by atoms with Crippen molar-refractivity contribution >= 4 is 30.0 Å². The second-order valence-electron chi connectivity index (χ2n) is 14.4. The summed E-state index contributed by atoms with van der Waals surface area (Å²) in [4.78, 5) is 56.8. The number of amides is 3. The summed E-state index contributed by atoms with van der Waals surface area (Å²) in [5, 5.41) is 25.5. The molecule has 1 saturated heterocycles. The van der Waals surface area contributed by atoms with Gasteiger partial charge in [-0.1, -0.05) is 87.5 Å². The van der Waals surface area contributed by atoms with Gasteiger partial charge in [0.1, 0.15) is 29.0 Å². The van der Waals surface area contributed by atoms with E-state index in [1.807, 2.05) is 69.3 Å². The van der Waals surface area contributed by atoms with Crippen molar-refractivity contribution in [3.05, 3.63) is 78.9 Å². The van der Waals surface area contributed by atoms with E-state index in [2.05, 4.69) is 35.4 Å². The minimum Gasteiger partial charge on any atom is -0.479 e. The van der Waals surface area contributed by atoms with Crippen LogP contribution in [0.2, 0.25) is 0 Å². The Balaban J connectivity index is 1.43. The highest BCUT2D eigenvalue weighted by atomic mass is 16.5. The molecule has 1 saturated carbocycles. The van der Waals surface area contributed by atoms with Crippen molar-refractivity contribution < 1.29 is 29.0 Å². The number of rotatable bonds is 5. The topological polar surface area (TPSA) is 156 Å². The fourth-order valence-corrected chi connectivity index (χ4v) is 6.77. The number of nitrogens with one attached hydrogen (secondary N) is 2. The predicted molar refractivity (Wildman–Crippen MR) is 187 cm³/mol. The molecule has 3 N–H and O–H groups in total. The third-order valence-corrected chi connectivity index (χ3v) is 9.74. The Hall–Kier alpha value is -5.26. The summed E-state index contributed by atoms with van der Waals surface area (Å²) in [5.74, 6) is -2.68. The molecule has 50 heavy (non-hydrogen) atoms. The summed E-state index contributed by atoms with van der Waals surface area (Å²) in [6, 6.07) is 15.1. The van der Waals surface area contributed by atoms with E-state index in [1.165, 1.54) is 11.0 Å². The molecule has 3 aromatic rings. The molecule has 5 atom stereocenters. The number of fused-ring (bicyclic) bond motifs is 8. The first kappa shape index (κ1) is 34.6. The first-order valence-corrected chi connectivity index (χ1v) is 17.1. The maximum absolute atomic E-state index is 14.5. The van der Waals surface area contributed by atoms with Crippen molar-refractivity contribution in [3.8, 4) is 22.5 Å². The molecule has 3 aliphatic rings. The largest absolute Gasteiger partial charge is 0.479 e. The van der Waals surface area contributed by atoms with Crippen LogP contribution in [-0.2, 0) is 19.1 Å². The van der Waals surface area contributed by atoms with Gasteiger partial charge in [0.25, 0.3) is 0 Å². The Morgan fingerprint density at radius 3 is 2.46 bits per heavy atom. The fraction of sp³-hybridized carbons (Fsp3) is 0.421. The Morgan fingerprint density at radius 2 is 1.78 bits per heavy atom. The van der Waals surface area contributed by atoms with Crippen LogP contribution >= 0.6 is 0 Å². The molecule has 6 bridgehead atoms. The number of carbonyl (C=O) groups is 4. The number of benzene rings is 2. The van der Waals surface area contributed by atoms with Crippen LogP contribution in [0.4, 0.5) is 4.79 Å². The van der Waals surface area contributed by atoms with Crippen molar-refractivity contribution in [2.75, 3.05) is 13.2 Å². The zero-order valence-corrected chi connectivity index (χ0v) is 28.7. The van der Waals surface area contributed by atoms with Crippen LogP contribution in [0.15, 0.2) is 73.3 Å². The molecular formula is C38H44N6O6. The maximum atomic E-state index is 14.5. The van der Waals surface area contributed by atoms with Crippen molar-refractivity contribution in [2.45, 2.75) is 76.5 Å². The number of hydrogen-bond donors (Lipinski definition) is 3. The number of alkyl carbamates (subject to hydrolysis) is 1. The summed E-state index contributed by atoms with van der Waals surface area (Å²) in [5.41, 5.74) is 1.77. The second kappa shape index (κ2) is 13.9. The number of hydrogen-bond acceptors (Lipinski definition) is 7. The summed E-state index contributed by atoms with van der Waals surface area (Å²) in [6.45, 7) is 9.43. The quantitative estimate of drug-likeness (QED) is 0.309. The average Bonchev–Trinajstić information content (AvgIpc) is 3.39. The molecule has 0 radical (unpaired) electrons. The summed E-state index contributed by atoms with van der Waals surface area (Å²) in [6.07, 6.45) is 7.51. The van der Waals surface area contributed by atoms with Crippen molar-refractivity contribution in [1.29, 1.82) is 0 Å². The lowest BCUT2D eigenvalue weighted by Gasteiger charge is -2.35. The van der Waals surface area contributed by atoms with Gasteiger partial charge in [-0.3, -0.25) is 9.59 Å². The van der Waals surface area contributed by atoms with E-state index in [-0.39, 0.29) is 26.0 Å². The van der Waals surface area contributed by atoms with Crippen molar-refractivity contribution in [2.24, 2.45) is 11.3 Å². The lowest BCUT2D eigenvalue weighted by molar-refractivity contribution is -0.146. The SMILES string of the molecule is C=C[C@@H]1C[C@]1(NC(=O)[C@@H]1C[C@@H]2CN1C(=O)[C@H](C(C)(C)C)NC(=O)OCCCC/C=C\c1cccc(c1)-c1nn2nc1-c1ccccc1)C(=O)O. The molecule has 12 heteroatoms. The molecule has 1 aliphatic carbocycles. The number of cyclic esters (lactones) is 1. The van der Waals surface area contributed by atoms with Gasteiger partial charge in [-0.2, -0.15) is 15.0 Å². The predicted octanol–water partition coefficient (Wildman–Crippen LogP) is 5.24. The van der Waals surface area contributed by atoms with Crippen LogP contribution in [0.25, 0.3) is 28.6 Å². The van der Waals surface area contributed by atoms with Gasteiger partial charge in [0, 0.05) is 30.0 Å². The molecule has 2 fully saturated rings. The van der Waals surface area contributed by atoms with Crippen molar-refractivity contribution in [3.63, 3.8) is 0 Å². The Kier molecular flexibility index (Phi) is 9.64. The highest BCUT2D eigenvalue weighted by Gasteiger charge is 2.61. The Labute approximate surface area is 291 Å². The van der Waals surface area contributed by atoms with E-state index in [1.54, 1.807) is 4.80 Å². The van der Waals surface area contributed by atoms with Gasteiger partial charge in [-0.05, 0) is 42.7 Å². The number of allylic oxidation sites excluding steroid dienone is 1. The van der Waals surface area contributed by atoms with Crippen LogP contribution in [0.1, 0.15) is 64.5 Å². The van der Waals surface area contributed by atoms with Crippen LogP contribution < -0.4 is 10.6 Å². The summed E-state index contributed by atoms with van der Waals surface area (Å²) >= 11 is 0. The molecule has 1 aromatic heterocycles. The minimum atomic E-state index is -1.49. The third-order valence-electron chi connectivity index (χ3n) is 9.74. The molecule has 2 aliphatic heterocycles. The van der Waals surface area contributed by atoms with E-state index < -0.39 is 58.9 Å². The van der Waals surface area contributed by atoms with Gasteiger partial charge >= 0.3 is 12.1 Å². The number of carbonyl (C=O) groups excluding carboxylic acids is 3. The van der Waals surface area contributed by atoms with Crippen LogP contribution in [-0.4, -0.2) is 79.7 Å².